The zero-order valence-electron chi connectivity index (χ0n) is 23.9. The van der Waals surface area contributed by atoms with E-state index in [-0.39, 0.29) is 5.41 Å². The zero-order chi connectivity index (χ0) is 25.3. The lowest BCUT2D eigenvalue weighted by Crippen LogP contribution is -2.47. The van der Waals surface area contributed by atoms with Crippen LogP contribution in [-0.2, 0) is 8.85 Å². The summed E-state index contributed by atoms with van der Waals surface area (Å²) in [4.78, 5) is 0. The maximum absolute atomic E-state index is 6.61. The summed E-state index contributed by atoms with van der Waals surface area (Å²) in [5.74, 6) is 10.1. The molecule has 0 aromatic rings. The van der Waals surface area contributed by atoms with Crippen molar-refractivity contribution in [1.29, 1.82) is 0 Å². The van der Waals surface area contributed by atoms with Gasteiger partial charge in [0.15, 0.2) is 8.32 Å². The van der Waals surface area contributed by atoms with Gasteiger partial charge in [-0.3, -0.25) is 0 Å². The predicted molar refractivity (Wildman–Crippen MR) is 148 cm³/mol. The summed E-state index contributed by atoms with van der Waals surface area (Å²) in [6.45, 7) is 32.8. The number of rotatable bonds is 11. The van der Waals surface area contributed by atoms with E-state index < -0.39 is 16.6 Å². The smallest absolute Gasteiger partial charge is 0.272 e. The number of hydrogen-bond acceptors (Lipinski definition) is 2. The molecule has 0 fully saturated rings. The summed E-state index contributed by atoms with van der Waals surface area (Å²) in [5.41, 5.74) is 3.29. The molecule has 0 aromatic heterocycles. The van der Waals surface area contributed by atoms with Crippen LogP contribution in [0.3, 0.4) is 0 Å². The van der Waals surface area contributed by atoms with Crippen molar-refractivity contribution in [2.75, 3.05) is 6.61 Å². The Balaban J connectivity index is 5.04. The Bertz CT molecular complexity index is 623. The summed E-state index contributed by atoms with van der Waals surface area (Å²) >= 11 is 0. The molecule has 0 N–H and O–H groups in total. The topological polar surface area (TPSA) is 18.5 Å². The highest BCUT2D eigenvalue weighted by Crippen LogP contribution is 2.43. The molecule has 0 bridgehead atoms. The van der Waals surface area contributed by atoms with Gasteiger partial charge < -0.3 is 8.85 Å². The van der Waals surface area contributed by atoms with E-state index >= 15 is 0 Å². The Morgan fingerprint density at radius 1 is 0.625 bits per heavy atom. The van der Waals surface area contributed by atoms with Crippen molar-refractivity contribution >= 4 is 16.6 Å². The van der Waals surface area contributed by atoms with Crippen molar-refractivity contribution in [3.8, 4) is 23.9 Å². The van der Waals surface area contributed by atoms with E-state index in [9.17, 15) is 0 Å². The summed E-state index contributed by atoms with van der Waals surface area (Å²) in [5, 5.41) is 0. The van der Waals surface area contributed by atoms with E-state index in [1.54, 1.807) is 0 Å². The zero-order valence-corrected chi connectivity index (χ0v) is 25.9. The molecule has 0 saturated heterocycles. The van der Waals surface area contributed by atoms with Crippen LogP contribution in [0.25, 0.3) is 0 Å². The van der Waals surface area contributed by atoms with Crippen molar-refractivity contribution in [3.63, 3.8) is 0 Å². The predicted octanol–water partition coefficient (Wildman–Crippen LogP) is 9.14. The van der Waals surface area contributed by atoms with Crippen LogP contribution < -0.4 is 0 Å². The van der Waals surface area contributed by atoms with Gasteiger partial charge in [-0.25, -0.2) is 0 Å². The van der Waals surface area contributed by atoms with Crippen molar-refractivity contribution < 1.29 is 8.85 Å². The van der Waals surface area contributed by atoms with Gasteiger partial charge in [-0.05, 0) is 47.1 Å². The standard InChI is InChI=1S/C28H54O2Si2/c1-22(2)31(23(3)4,24(5)6)29-20-17-15-16-18-28(13,14)19-21-30-32(25(7)8,26(9)10)27(11)12/h22-27H,17-18,20H2,1-14H3. The average molecular weight is 479 g/mol. The van der Waals surface area contributed by atoms with E-state index in [4.69, 9.17) is 8.85 Å². The summed E-state index contributed by atoms with van der Waals surface area (Å²) in [6, 6.07) is 0. The summed E-state index contributed by atoms with van der Waals surface area (Å²) in [6.07, 6.45) is 4.70. The maximum atomic E-state index is 6.61. The molecular formula is C28H54O2Si2. The van der Waals surface area contributed by atoms with Gasteiger partial charge in [-0.1, -0.05) is 89.0 Å². The van der Waals surface area contributed by atoms with E-state index in [1.165, 1.54) is 0 Å². The van der Waals surface area contributed by atoms with Crippen LogP contribution in [0.4, 0.5) is 0 Å². The third-order valence-electron chi connectivity index (χ3n) is 7.27. The van der Waals surface area contributed by atoms with Crippen LogP contribution in [0.2, 0.25) is 33.2 Å². The molecule has 0 amide bonds. The molecule has 0 unspecified atom stereocenters. The molecule has 0 aromatic carbocycles. The molecule has 0 radical (unpaired) electrons. The third-order valence-corrected chi connectivity index (χ3v) is 19.3. The van der Waals surface area contributed by atoms with Gasteiger partial charge in [0.1, 0.15) is 0 Å². The van der Waals surface area contributed by atoms with Gasteiger partial charge in [-0.15, -0.1) is 11.8 Å². The van der Waals surface area contributed by atoms with Gasteiger partial charge in [0.25, 0.3) is 8.32 Å². The van der Waals surface area contributed by atoms with E-state index in [0.29, 0.717) is 33.2 Å². The SMILES string of the molecule is CC(C)[Si](OC#CC(C)(C)CC#CCCO[Si](C(C)C)(C(C)C)C(C)C)(C(C)C)C(C)C. The molecule has 0 atom stereocenters. The highest BCUT2D eigenvalue weighted by atomic mass is 28.4. The lowest BCUT2D eigenvalue weighted by Gasteiger charge is -2.42. The molecule has 0 rings (SSSR count). The molecule has 2 nitrogen and oxygen atoms in total. The Labute approximate surface area is 204 Å². The molecule has 186 valence electrons. The quantitative estimate of drug-likeness (QED) is 0.167. The first-order chi connectivity index (χ1) is 14.6. The van der Waals surface area contributed by atoms with Crippen molar-refractivity contribution in [3.05, 3.63) is 0 Å². The van der Waals surface area contributed by atoms with Crippen molar-refractivity contribution in [2.24, 2.45) is 5.41 Å². The van der Waals surface area contributed by atoms with Crippen LogP contribution in [-0.4, -0.2) is 23.2 Å². The normalized spacial score (nSPS) is 13.1. The van der Waals surface area contributed by atoms with Gasteiger partial charge >= 0.3 is 0 Å². The molecule has 0 aliphatic carbocycles. The largest absolute Gasteiger partial charge is 0.500 e. The van der Waals surface area contributed by atoms with Gasteiger partial charge in [0.05, 0.1) is 6.11 Å². The second-order valence-electron chi connectivity index (χ2n) is 12.0. The van der Waals surface area contributed by atoms with E-state index in [2.05, 4.69) is 121 Å². The Hall–Kier alpha value is -0.686. The highest BCUT2D eigenvalue weighted by Gasteiger charge is 2.47. The van der Waals surface area contributed by atoms with Crippen LogP contribution >= 0.6 is 0 Å². The van der Waals surface area contributed by atoms with E-state index in [0.717, 1.165) is 19.4 Å². The van der Waals surface area contributed by atoms with Crippen LogP contribution in [0.15, 0.2) is 0 Å². The monoisotopic (exact) mass is 478 g/mol. The Morgan fingerprint density at radius 3 is 1.41 bits per heavy atom. The summed E-state index contributed by atoms with van der Waals surface area (Å²) < 4.78 is 13.0. The van der Waals surface area contributed by atoms with Crippen LogP contribution in [0, 0.1) is 29.3 Å². The van der Waals surface area contributed by atoms with Crippen LogP contribution in [0.1, 0.15) is 110 Å². The lowest BCUT2D eigenvalue weighted by atomic mass is 9.91. The fourth-order valence-electron chi connectivity index (χ4n) is 5.80. The van der Waals surface area contributed by atoms with E-state index in [1.807, 2.05) is 0 Å². The molecule has 0 aliphatic rings. The fourth-order valence-corrected chi connectivity index (χ4v) is 16.2. The fraction of sp³-hybridized carbons (Fsp3) is 0.857. The van der Waals surface area contributed by atoms with Crippen molar-refractivity contribution in [2.45, 2.75) is 143 Å². The summed E-state index contributed by atoms with van der Waals surface area (Å²) in [7, 11) is -3.74. The molecule has 0 saturated carbocycles. The van der Waals surface area contributed by atoms with Gasteiger partial charge in [-0.2, -0.15) is 0 Å². The maximum Gasteiger partial charge on any atom is 0.272 e. The molecule has 0 aliphatic heterocycles. The Morgan fingerprint density at radius 2 is 1.03 bits per heavy atom. The third kappa shape index (κ3) is 7.97. The molecule has 0 heterocycles. The molecular weight excluding hydrogens is 424 g/mol. The first kappa shape index (κ1) is 31.3. The van der Waals surface area contributed by atoms with Gasteiger partial charge in [0.2, 0.25) is 0 Å². The van der Waals surface area contributed by atoms with Crippen LogP contribution in [0.5, 0.6) is 0 Å². The molecule has 0 spiro atoms. The molecule has 32 heavy (non-hydrogen) atoms. The highest BCUT2D eigenvalue weighted by molar-refractivity contribution is 6.78. The minimum atomic E-state index is -1.94. The average Bonchev–Trinajstić information content (AvgIpc) is 2.62. The first-order valence-electron chi connectivity index (χ1n) is 12.9. The second-order valence-corrected chi connectivity index (χ2v) is 22.8. The minimum absolute atomic E-state index is 0.175. The molecule has 4 heteroatoms. The lowest BCUT2D eigenvalue weighted by molar-refractivity contribution is 0.285. The number of hydrogen-bond donors (Lipinski definition) is 0. The minimum Gasteiger partial charge on any atom is -0.500 e. The Kier molecular flexibility index (Phi) is 13.0. The second kappa shape index (κ2) is 13.3. The van der Waals surface area contributed by atoms with Crippen molar-refractivity contribution in [1.82, 2.24) is 0 Å². The van der Waals surface area contributed by atoms with Gasteiger partial charge in [0, 0.05) is 24.9 Å². The first-order valence-corrected chi connectivity index (χ1v) is 17.2.